The molecule has 1 N–H and O–H groups in total. The van der Waals surface area contributed by atoms with E-state index in [1.807, 2.05) is 6.07 Å². The third-order valence-corrected chi connectivity index (χ3v) is 3.19. The molecule has 1 aliphatic rings. The van der Waals surface area contributed by atoms with Crippen molar-refractivity contribution in [3.63, 3.8) is 0 Å². The maximum Gasteiger partial charge on any atom is 0.119 e. The highest BCUT2D eigenvalue weighted by molar-refractivity contribution is 5.28. The molecule has 0 spiro atoms. The van der Waals surface area contributed by atoms with Gasteiger partial charge in [0.15, 0.2) is 0 Å². The lowest BCUT2D eigenvalue weighted by Crippen LogP contribution is -2.34. The van der Waals surface area contributed by atoms with Crippen LogP contribution in [0.5, 0.6) is 5.75 Å². The van der Waals surface area contributed by atoms with Crippen molar-refractivity contribution in [3.8, 4) is 5.75 Å². The lowest BCUT2D eigenvalue weighted by Gasteiger charge is -2.23. The summed E-state index contributed by atoms with van der Waals surface area (Å²) in [6.45, 7) is 5.59. The van der Waals surface area contributed by atoms with Gasteiger partial charge in [-0.05, 0) is 37.0 Å². The highest BCUT2D eigenvalue weighted by Crippen LogP contribution is 2.14. The molecule has 0 unspecified atom stereocenters. The summed E-state index contributed by atoms with van der Waals surface area (Å²) >= 11 is 0. The fraction of sp³-hybridized carbons (Fsp3) is 0.600. The molecule has 1 fully saturated rings. The molecule has 1 heterocycles. The maximum atomic E-state index is 5.64. The Labute approximate surface area is 109 Å². The van der Waals surface area contributed by atoms with Gasteiger partial charge in [0.05, 0.1) is 6.61 Å². The average molecular weight is 249 g/mol. The predicted octanol–water partition coefficient (Wildman–Crippen LogP) is 2.74. The van der Waals surface area contributed by atoms with E-state index < -0.39 is 0 Å². The molecule has 0 atom stereocenters. The zero-order valence-electron chi connectivity index (χ0n) is 11.2. The van der Waals surface area contributed by atoms with E-state index in [4.69, 9.17) is 9.47 Å². The van der Waals surface area contributed by atoms with Gasteiger partial charge in [0.2, 0.25) is 0 Å². The van der Waals surface area contributed by atoms with E-state index in [2.05, 4.69) is 30.4 Å². The second kappa shape index (κ2) is 7.39. The van der Waals surface area contributed by atoms with Crippen molar-refractivity contribution < 1.29 is 9.47 Å². The Morgan fingerprint density at radius 3 is 2.94 bits per heavy atom. The van der Waals surface area contributed by atoms with E-state index >= 15 is 0 Å². The Balaban J connectivity index is 1.80. The van der Waals surface area contributed by atoms with E-state index in [0.29, 0.717) is 6.04 Å². The summed E-state index contributed by atoms with van der Waals surface area (Å²) in [4.78, 5) is 0. The molecule has 2 rings (SSSR count). The van der Waals surface area contributed by atoms with Crippen molar-refractivity contribution in [2.45, 2.75) is 38.8 Å². The molecule has 3 heteroatoms. The monoisotopic (exact) mass is 249 g/mol. The minimum absolute atomic E-state index is 0.596. The van der Waals surface area contributed by atoms with E-state index in [-0.39, 0.29) is 0 Å². The van der Waals surface area contributed by atoms with Gasteiger partial charge in [0, 0.05) is 25.8 Å². The Hall–Kier alpha value is -1.06. The zero-order valence-corrected chi connectivity index (χ0v) is 11.2. The van der Waals surface area contributed by atoms with E-state index in [9.17, 15) is 0 Å². The number of ether oxygens (including phenoxy) is 2. The van der Waals surface area contributed by atoms with Gasteiger partial charge in [-0.2, -0.15) is 0 Å². The van der Waals surface area contributed by atoms with E-state index in [1.165, 1.54) is 5.56 Å². The molecule has 0 bridgehead atoms. The van der Waals surface area contributed by atoms with Crippen molar-refractivity contribution in [1.29, 1.82) is 0 Å². The first-order chi connectivity index (χ1) is 8.88. The Morgan fingerprint density at radius 1 is 1.33 bits per heavy atom. The molecule has 1 aliphatic heterocycles. The van der Waals surface area contributed by atoms with E-state index in [0.717, 1.165) is 51.4 Å². The van der Waals surface area contributed by atoms with Gasteiger partial charge in [-0.3, -0.25) is 0 Å². The topological polar surface area (TPSA) is 30.5 Å². The first-order valence-corrected chi connectivity index (χ1v) is 6.91. The van der Waals surface area contributed by atoms with Crippen LogP contribution in [-0.4, -0.2) is 25.9 Å². The largest absolute Gasteiger partial charge is 0.494 e. The molecular weight excluding hydrogens is 226 g/mol. The Morgan fingerprint density at radius 2 is 2.17 bits per heavy atom. The molecule has 3 nitrogen and oxygen atoms in total. The van der Waals surface area contributed by atoms with Crippen LogP contribution in [0.25, 0.3) is 0 Å². The zero-order chi connectivity index (χ0) is 12.6. The fourth-order valence-corrected chi connectivity index (χ4v) is 2.13. The summed E-state index contributed by atoms with van der Waals surface area (Å²) in [6.07, 6.45) is 3.28. The van der Waals surface area contributed by atoms with Crippen molar-refractivity contribution in [2.75, 3.05) is 19.8 Å². The van der Waals surface area contributed by atoms with Gasteiger partial charge in [-0.1, -0.05) is 19.1 Å². The minimum Gasteiger partial charge on any atom is -0.494 e. The molecule has 1 saturated heterocycles. The van der Waals surface area contributed by atoms with Gasteiger partial charge >= 0.3 is 0 Å². The maximum absolute atomic E-state index is 5.64. The Bertz CT molecular complexity index is 348. The molecular formula is C15H23NO2. The highest BCUT2D eigenvalue weighted by atomic mass is 16.5. The summed E-state index contributed by atoms with van der Waals surface area (Å²) in [5, 5.41) is 3.59. The normalized spacial score (nSPS) is 16.7. The minimum atomic E-state index is 0.596. The van der Waals surface area contributed by atoms with Crippen molar-refractivity contribution in [1.82, 2.24) is 5.32 Å². The lowest BCUT2D eigenvalue weighted by atomic mass is 10.1. The highest BCUT2D eigenvalue weighted by Gasteiger charge is 2.12. The number of hydrogen-bond acceptors (Lipinski definition) is 3. The molecule has 100 valence electrons. The van der Waals surface area contributed by atoms with Crippen LogP contribution in [0.2, 0.25) is 0 Å². The average Bonchev–Trinajstić information content (AvgIpc) is 2.44. The molecule has 18 heavy (non-hydrogen) atoms. The molecule has 1 aromatic rings. The van der Waals surface area contributed by atoms with Crippen LogP contribution >= 0.6 is 0 Å². The van der Waals surface area contributed by atoms with Crippen molar-refractivity contribution in [2.24, 2.45) is 0 Å². The third-order valence-electron chi connectivity index (χ3n) is 3.19. The summed E-state index contributed by atoms with van der Waals surface area (Å²) in [5.74, 6) is 0.975. The third kappa shape index (κ3) is 4.31. The molecule has 0 aliphatic carbocycles. The second-order valence-corrected chi connectivity index (χ2v) is 4.76. The van der Waals surface area contributed by atoms with Gasteiger partial charge in [-0.15, -0.1) is 0 Å². The quantitative estimate of drug-likeness (QED) is 0.841. The van der Waals surface area contributed by atoms with Gasteiger partial charge in [0.25, 0.3) is 0 Å². The fourth-order valence-electron chi connectivity index (χ4n) is 2.13. The van der Waals surface area contributed by atoms with E-state index in [1.54, 1.807) is 0 Å². The smallest absolute Gasteiger partial charge is 0.119 e. The number of rotatable bonds is 6. The SMILES string of the molecule is CCCOc1cccc(CNC2CCOCC2)c1. The van der Waals surface area contributed by atoms with Crippen LogP contribution in [0.15, 0.2) is 24.3 Å². The number of hydrogen-bond donors (Lipinski definition) is 1. The summed E-state index contributed by atoms with van der Waals surface area (Å²) in [5.41, 5.74) is 1.29. The van der Waals surface area contributed by atoms with Crippen molar-refractivity contribution in [3.05, 3.63) is 29.8 Å². The standard InChI is InChI=1S/C15H23NO2/c1-2-8-18-15-5-3-4-13(11-15)12-16-14-6-9-17-10-7-14/h3-5,11,14,16H,2,6-10,12H2,1H3. The predicted molar refractivity (Wildman–Crippen MR) is 72.9 cm³/mol. The van der Waals surface area contributed by atoms with Crippen LogP contribution in [0.4, 0.5) is 0 Å². The molecule has 0 aromatic heterocycles. The van der Waals surface area contributed by atoms with Crippen molar-refractivity contribution >= 4 is 0 Å². The molecule has 1 aromatic carbocycles. The van der Waals surface area contributed by atoms with Crippen LogP contribution in [0.1, 0.15) is 31.7 Å². The molecule has 0 saturated carbocycles. The van der Waals surface area contributed by atoms with Crippen LogP contribution in [-0.2, 0) is 11.3 Å². The molecule has 0 amide bonds. The Kier molecular flexibility index (Phi) is 5.49. The van der Waals surface area contributed by atoms with Crippen LogP contribution < -0.4 is 10.1 Å². The summed E-state index contributed by atoms with van der Waals surface area (Å²) in [6, 6.07) is 8.95. The number of nitrogens with one attached hydrogen (secondary N) is 1. The van der Waals surface area contributed by atoms with Crippen LogP contribution in [0.3, 0.4) is 0 Å². The van der Waals surface area contributed by atoms with Gasteiger partial charge in [-0.25, -0.2) is 0 Å². The first-order valence-electron chi connectivity index (χ1n) is 6.91. The second-order valence-electron chi connectivity index (χ2n) is 4.76. The summed E-state index contributed by atoms with van der Waals surface area (Å²) in [7, 11) is 0. The van der Waals surface area contributed by atoms with Gasteiger partial charge < -0.3 is 14.8 Å². The molecule has 0 radical (unpaired) electrons. The summed E-state index contributed by atoms with van der Waals surface area (Å²) < 4.78 is 11.0. The van der Waals surface area contributed by atoms with Crippen LogP contribution in [0, 0.1) is 0 Å². The van der Waals surface area contributed by atoms with Gasteiger partial charge in [0.1, 0.15) is 5.75 Å². The first kappa shape index (κ1) is 13.4. The number of benzene rings is 1. The lowest BCUT2D eigenvalue weighted by molar-refractivity contribution is 0.0776.